The molecule has 0 saturated carbocycles. The van der Waals surface area contributed by atoms with Gasteiger partial charge in [0.1, 0.15) is 6.61 Å². The third-order valence-electron chi connectivity index (χ3n) is 3.47. The lowest BCUT2D eigenvalue weighted by Gasteiger charge is -2.06. The van der Waals surface area contributed by atoms with Gasteiger partial charge in [-0.25, -0.2) is 0 Å². The Morgan fingerprint density at radius 1 is 0.870 bits per heavy atom. The Hall–Kier alpha value is -2.62. The van der Waals surface area contributed by atoms with Gasteiger partial charge in [-0.3, -0.25) is 9.59 Å². The van der Waals surface area contributed by atoms with E-state index in [-0.39, 0.29) is 25.4 Å². The molecule has 4 nitrogen and oxygen atoms in total. The number of aliphatic carboxylic acids is 1. The van der Waals surface area contributed by atoms with Crippen molar-refractivity contribution in [2.45, 2.75) is 32.3 Å². The standard InChI is InChI=1S/C19H20O4/c20-18(21)8-4-7-15-9-11-16(12-10-15)13-19(22)23-14-17-5-2-1-3-6-17/h1-3,5-6,9-12H,4,7-8,13-14H2,(H,20,21). The van der Waals surface area contributed by atoms with Crippen LogP contribution in [0.5, 0.6) is 0 Å². The number of carbonyl (C=O) groups is 2. The Labute approximate surface area is 135 Å². The van der Waals surface area contributed by atoms with Crippen molar-refractivity contribution in [3.63, 3.8) is 0 Å². The number of hydrogen-bond acceptors (Lipinski definition) is 3. The van der Waals surface area contributed by atoms with E-state index in [4.69, 9.17) is 9.84 Å². The molecule has 0 spiro atoms. The minimum atomic E-state index is -0.775. The zero-order chi connectivity index (χ0) is 16.5. The second-order valence-corrected chi connectivity index (χ2v) is 5.39. The zero-order valence-corrected chi connectivity index (χ0v) is 12.9. The van der Waals surface area contributed by atoms with Gasteiger partial charge in [0.2, 0.25) is 0 Å². The van der Waals surface area contributed by atoms with E-state index in [0.717, 1.165) is 23.1 Å². The van der Waals surface area contributed by atoms with E-state index in [1.165, 1.54) is 0 Å². The predicted molar refractivity (Wildman–Crippen MR) is 87.0 cm³/mol. The lowest BCUT2D eigenvalue weighted by atomic mass is 10.0. The Morgan fingerprint density at radius 2 is 1.52 bits per heavy atom. The first-order chi connectivity index (χ1) is 11.1. The molecular weight excluding hydrogens is 292 g/mol. The van der Waals surface area contributed by atoms with Crippen molar-refractivity contribution in [2.75, 3.05) is 0 Å². The molecule has 0 saturated heterocycles. The van der Waals surface area contributed by atoms with Gasteiger partial charge in [-0.05, 0) is 29.5 Å². The molecular formula is C19H20O4. The van der Waals surface area contributed by atoms with Crippen molar-refractivity contribution in [1.82, 2.24) is 0 Å². The molecule has 0 aromatic heterocycles. The fourth-order valence-corrected chi connectivity index (χ4v) is 2.22. The SMILES string of the molecule is O=C(O)CCCc1ccc(CC(=O)OCc2ccccc2)cc1. The number of esters is 1. The second kappa shape index (κ2) is 8.73. The van der Waals surface area contributed by atoms with E-state index in [1.807, 2.05) is 54.6 Å². The number of carbonyl (C=O) groups excluding carboxylic acids is 1. The van der Waals surface area contributed by atoms with Crippen molar-refractivity contribution < 1.29 is 19.4 Å². The van der Waals surface area contributed by atoms with E-state index < -0.39 is 5.97 Å². The van der Waals surface area contributed by atoms with Gasteiger partial charge in [0, 0.05) is 6.42 Å². The predicted octanol–water partition coefficient (Wildman–Crippen LogP) is 3.38. The summed E-state index contributed by atoms with van der Waals surface area (Å²) >= 11 is 0. The van der Waals surface area contributed by atoms with Crippen LogP contribution >= 0.6 is 0 Å². The summed E-state index contributed by atoms with van der Waals surface area (Å²) in [5, 5.41) is 8.62. The highest BCUT2D eigenvalue weighted by Crippen LogP contribution is 2.10. The largest absolute Gasteiger partial charge is 0.481 e. The summed E-state index contributed by atoms with van der Waals surface area (Å²) < 4.78 is 5.25. The van der Waals surface area contributed by atoms with E-state index >= 15 is 0 Å². The summed E-state index contributed by atoms with van der Waals surface area (Å²) in [4.78, 5) is 22.3. The van der Waals surface area contributed by atoms with Gasteiger partial charge < -0.3 is 9.84 Å². The lowest BCUT2D eigenvalue weighted by Crippen LogP contribution is -2.08. The van der Waals surface area contributed by atoms with Crippen LogP contribution in [0, 0.1) is 0 Å². The summed E-state index contributed by atoms with van der Waals surface area (Å²) in [6.45, 7) is 0.285. The molecule has 0 aliphatic carbocycles. The van der Waals surface area contributed by atoms with E-state index in [9.17, 15) is 9.59 Å². The van der Waals surface area contributed by atoms with Crippen molar-refractivity contribution in [2.24, 2.45) is 0 Å². The number of rotatable bonds is 8. The fourth-order valence-electron chi connectivity index (χ4n) is 2.22. The number of carboxylic acids is 1. The Balaban J connectivity index is 1.76. The van der Waals surface area contributed by atoms with Crippen molar-refractivity contribution in [1.29, 1.82) is 0 Å². The molecule has 0 heterocycles. The molecule has 0 amide bonds. The summed E-state index contributed by atoms with van der Waals surface area (Å²) in [6, 6.07) is 17.2. The fraction of sp³-hybridized carbons (Fsp3) is 0.263. The van der Waals surface area contributed by atoms with Gasteiger partial charge in [-0.2, -0.15) is 0 Å². The molecule has 0 bridgehead atoms. The van der Waals surface area contributed by atoms with Gasteiger partial charge >= 0.3 is 11.9 Å². The Kier molecular flexibility index (Phi) is 6.36. The summed E-state index contributed by atoms with van der Waals surface area (Å²) in [5.74, 6) is -1.03. The first-order valence-corrected chi connectivity index (χ1v) is 7.62. The van der Waals surface area contributed by atoms with Crippen LogP contribution in [0.4, 0.5) is 0 Å². The highest BCUT2D eigenvalue weighted by molar-refractivity contribution is 5.72. The maximum absolute atomic E-state index is 11.8. The van der Waals surface area contributed by atoms with Gasteiger partial charge in [-0.1, -0.05) is 54.6 Å². The molecule has 0 aliphatic rings. The molecule has 0 fully saturated rings. The van der Waals surface area contributed by atoms with Gasteiger partial charge in [0.15, 0.2) is 0 Å². The third kappa shape index (κ3) is 6.34. The van der Waals surface area contributed by atoms with Crippen LogP contribution in [-0.2, 0) is 33.8 Å². The molecule has 2 aromatic rings. The van der Waals surface area contributed by atoms with E-state index in [0.29, 0.717) is 6.42 Å². The monoisotopic (exact) mass is 312 g/mol. The number of benzene rings is 2. The normalized spacial score (nSPS) is 10.3. The molecule has 0 aliphatic heterocycles. The Bertz CT molecular complexity index is 632. The van der Waals surface area contributed by atoms with Crippen LogP contribution in [0.2, 0.25) is 0 Å². The number of carboxylic acid groups (broad SMARTS) is 1. The minimum absolute atomic E-state index is 0.174. The topological polar surface area (TPSA) is 63.6 Å². The molecule has 1 N–H and O–H groups in total. The molecule has 0 unspecified atom stereocenters. The van der Waals surface area contributed by atoms with Gasteiger partial charge in [0.05, 0.1) is 6.42 Å². The highest BCUT2D eigenvalue weighted by Gasteiger charge is 2.06. The first kappa shape index (κ1) is 16.7. The number of aryl methyl sites for hydroxylation is 1. The molecule has 4 heteroatoms. The summed E-state index contributed by atoms with van der Waals surface area (Å²) in [5.41, 5.74) is 2.94. The number of ether oxygens (including phenoxy) is 1. The molecule has 0 radical (unpaired) electrons. The maximum atomic E-state index is 11.8. The van der Waals surface area contributed by atoms with Crippen LogP contribution in [0.15, 0.2) is 54.6 Å². The Morgan fingerprint density at radius 3 is 2.17 bits per heavy atom. The first-order valence-electron chi connectivity index (χ1n) is 7.62. The summed E-state index contributed by atoms with van der Waals surface area (Å²) in [6.07, 6.45) is 1.76. The van der Waals surface area contributed by atoms with Crippen LogP contribution in [-0.4, -0.2) is 17.0 Å². The molecule has 0 atom stereocenters. The van der Waals surface area contributed by atoms with Gasteiger partial charge in [0.25, 0.3) is 0 Å². The molecule has 2 rings (SSSR count). The zero-order valence-electron chi connectivity index (χ0n) is 12.9. The highest BCUT2D eigenvalue weighted by atomic mass is 16.5. The third-order valence-corrected chi connectivity index (χ3v) is 3.47. The molecule has 23 heavy (non-hydrogen) atoms. The maximum Gasteiger partial charge on any atom is 0.310 e. The van der Waals surface area contributed by atoms with Crippen molar-refractivity contribution >= 4 is 11.9 Å². The van der Waals surface area contributed by atoms with Crippen LogP contribution in [0.1, 0.15) is 29.5 Å². The quantitative estimate of drug-likeness (QED) is 0.759. The van der Waals surface area contributed by atoms with Crippen LogP contribution in [0.3, 0.4) is 0 Å². The van der Waals surface area contributed by atoms with Crippen molar-refractivity contribution in [3.8, 4) is 0 Å². The van der Waals surface area contributed by atoms with E-state index in [1.54, 1.807) is 0 Å². The van der Waals surface area contributed by atoms with Crippen LogP contribution < -0.4 is 0 Å². The van der Waals surface area contributed by atoms with Crippen LogP contribution in [0.25, 0.3) is 0 Å². The lowest BCUT2D eigenvalue weighted by molar-refractivity contribution is -0.144. The second-order valence-electron chi connectivity index (χ2n) is 5.39. The average Bonchev–Trinajstić information content (AvgIpc) is 2.55. The smallest absolute Gasteiger partial charge is 0.310 e. The molecule has 2 aromatic carbocycles. The average molecular weight is 312 g/mol. The van der Waals surface area contributed by atoms with Crippen molar-refractivity contribution in [3.05, 3.63) is 71.3 Å². The van der Waals surface area contributed by atoms with Gasteiger partial charge in [-0.15, -0.1) is 0 Å². The number of hydrogen-bond donors (Lipinski definition) is 1. The summed E-state index contributed by atoms with van der Waals surface area (Å²) in [7, 11) is 0. The van der Waals surface area contributed by atoms with E-state index in [2.05, 4.69) is 0 Å². The minimum Gasteiger partial charge on any atom is -0.481 e. The molecule has 120 valence electrons.